The summed E-state index contributed by atoms with van der Waals surface area (Å²) < 4.78 is 9.30. The van der Waals surface area contributed by atoms with Gasteiger partial charge >= 0.3 is 5.97 Å². The van der Waals surface area contributed by atoms with Gasteiger partial charge in [0.25, 0.3) is 0 Å². The van der Waals surface area contributed by atoms with Gasteiger partial charge in [0.2, 0.25) is 5.58 Å². The third-order valence-corrected chi connectivity index (χ3v) is 1.86. The van der Waals surface area contributed by atoms with Crippen molar-refractivity contribution in [3.63, 3.8) is 0 Å². The molecule has 2 aromatic rings. The Labute approximate surface area is 78.9 Å². The smallest absolute Gasteiger partial charge is 0.360 e. The van der Waals surface area contributed by atoms with Crippen LogP contribution in [0.5, 0.6) is 5.75 Å². The van der Waals surface area contributed by atoms with E-state index in [1.54, 1.807) is 12.1 Å². The average molecular weight is 193 g/mol. The van der Waals surface area contributed by atoms with Crippen LogP contribution in [-0.2, 0) is 4.74 Å². The summed E-state index contributed by atoms with van der Waals surface area (Å²) in [6.45, 7) is 0. The lowest BCUT2D eigenvalue weighted by Crippen LogP contribution is -2.01. The number of benzene rings is 1. The first-order valence-electron chi connectivity index (χ1n) is 3.89. The summed E-state index contributed by atoms with van der Waals surface area (Å²) in [4.78, 5) is 11.2. The Morgan fingerprint density at radius 1 is 1.57 bits per heavy atom. The quantitative estimate of drug-likeness (QED) is 0.691. The third-order valence-electron chi connectivity index (χ3n) is 1.86. The number of carbonyl (C=O) groups excluding carboxylic acids is 1. The van der Waals surface area contributed by atoms with Gasteiger partial charge in [0, 0.05) is 0 Å². The zero-order chi connectivity index (χ0) is 10.1. The fourth-order valence-corrected chi connectivity index (χ4v) is 1.19. The monoisotopic (exact) mass is 193 g/mol. The van der Waals surface area contributed by atoms with E-state index in [1.807, 2.05) is 0 Å². The number of aromatic hydroxyl groups is 1. The minimum atomic E-state index is -0.589. The maximum Gasteiger partial charge on any atom is 0.360 e. The van der Waals surface area contributed by atoms with Crippen LogP contribution in [0.25, 0.3) is 11.0 Å². The summed E-state index contributed by atoms with van der Waals surface area (Å²) in [5.41, 5.74) is 0.256. The minimum absolute atomic E-state index is 0.0508. The molecular formula is C9H7NO4. The second-order valence-corrected chi connectivity index (χ2v) is 2.68. The molecule has 0 bridgehead atoms. The number of nitrogens with zero attached hydrogens (tertiary/aromatic N) is 1. The topological polar surface area (TPSA) is 72.6 Å². The Hall–Kier alpha value is -2.04. The highest BCUT2D eigenvalue weighted by atomic mass is 16.5. The number of ether oxygens (including phenoxy) is 1. The molecule has 0 aliphatic heterocycles. The van der Waals surface area contributed by atoms with E-state index in [9.17, 15) is 9.90 Å². The second kappa shape index (κ2) is 3.02. The second-order valence-electron chi connectivity index (χ2n) is 2.68. The van der Waals surface area contributed by atoms with Crippen molar-refractivity contribution in [3.8, 4) is 5.75 Å². The van der Waals surface area contributed by atoms with Crippen LogP contribution < -0.4 is 0 Å². The van der Waals surface area contributed by atoms with Crippen molar-refractivity contribution in [2.45, 2.75) is 0 Å². The number of hydrogen-bond acceptors (Lipinski definition) is 5. The van der Waals surface area contributed by atoms with Gasteiger partial charge in [-0.3, -0.25) is 0 Å². The van der Waals surface area contributed by atoms with Crippen LogP contribution >= 0.6 is 0 Å². The van der Waals surface area contributed by atoms with E-state index in [4.69, 9.17) is 4.52 Å². The molecule has 1 N–H and O–H groups in total. The van der Waals surface area contributed by atoms with Gasteiger partial charge in [0.1, 0.15) is 0 Å². The van der Waals surface area contributed by atoms with Crippen molar-refractivity contribution >= 4 is 16.9 Å². The normalized spacial score (nSPS) is 10.4. The van der Waals surface area contributed by atoms with Crippen molar-refractivity contribution < 1.29 is 19.2 Å². The fourth-order valence-electron chi connectivity index (χ4n) is 1.19. The SMILES string of the molecule is COC(=O)c1noc2c(O)cccc12. The standard InChI is InChI=1S/C9H7NO4/c1-13-9(12)7-5-3-2-4-6(11)8(5)14-10-7/h2-4,11H,1H3. The largest absolute Gasteiger partial charge is 0.504 e. The number of carbonyl (C=O) groups is 1. The van der Waals surface area contributed by atoms with Crippen LogP contribution in [-0.4, -0.2) is 23.3 Å². The lowest BCUT2D eigenvalue weighted by Gasteiger charge is -1.93. The number of hydrogen-bond donors (Lipinski definition) is 1. The third kappa shape index (κ3) is 1.10. The number of phenols is 1. The summed E-state index contributed by atoms with van der Waals surface area (Å²) in [7, 11) is 1.26. The first-order chi connectivity index (χ1) is 6.74. The van der Waals surface area contributed by atoms with Crippen molar-refractivity contribution in [2.24, 2.45) is 0 Å². The molecule has 0 aliphatic rings. The number of rotatable bonds is 1. The maximum absolute atomic E-state index is 11.2. The van der Waals surface area contributed by atoms with Gasteiger partial charge in [-0.2, -0.15) is 0 Å². The summed E-state index contributed by atoms with van der Waals surface area (Å²) >= 11 is 0. The van der Waals surface area contributed by atoms with Gasteiger partial charge in [-0.15, -0.1) is 0 Å². The van der Waals surface area contributed by atoms with Crippen molar-refractivity contribution in [3.05, 3.63) is 23.9 Å². The maximum atomic E-state index is 11.2. The molecule has 1 heterocycles. The van der Waals surface area contributed by atoms with Gasteiger partial charge in [-0.05, 0) is 12.1 Å². The Morgan fingerprint density at radius 2 is 2.36 bits per heavy atom. The lowest BCUT2D eigenvalue weighted by molar-refractivity contribution is 0.0591. The van der Waals surface area contributed by atoms with E-state index in [-0.39, 0.29) is 17.0 Å². The van der Waals surface area contributed by atoms with E-state index >= 15 is 0 Å². The van der Waals surface area contributed by atoms with E-state index in [0.29, 0.717) is 5.39 Å². The molecule has 0 atom stereocenters. The average Bonchev–Trinajstić information content (AvgIpc) is 2.62. The Bertz CT molecular complexity index is 489. The molecule has 72 valence electrons. The molecule has 5 nitrogen and oxygen atoms in total. The Kier molecular flexibility index (Phi) is 1.85. The van der Waals surface area contributed by atoms with E-state index in [1.165, 1.54) is 13.2 Å². The number of para-hydroxylation sites is 1. The van der Waals surface area contributed by atoms with Gasteiger partial charge < -0.3 is 14.4 Å². The predicted molar refractivity (Wildman–Crippen MR) is 47.0 cm³/mol. The van der Waals surface area contributed by atoms with E-state index in [0.717, 1.165) is 0 Å². The molecule has 5 heteroatoms. The molecule has 1 aromatic carbocycles. The number of fused-ring (bicyclic) bond motifs is 1. The van der Waals surface area contributed by atoms with Gasteiger partial charge in [-0.1, -0.05) is 11.2 Å². The molecule has 0 aliphatic carbocycles. The van der Waals surface area contributed by atoms with Crippen LogP contribution in [0.3, 0.4) is 0 Å². The van der Waals surface area contributed by atoms with Gasteiger partial charge in [-0.25, -0.2) is 4.79 Å². The zero-order valence-corrected chi connectivity index (χ0v) is 7.35. The highest BCUT2D eigenvalue weighted by Gasteiger charge is 2.17. The lowest BCUT2D eigenvalue weighted by atomic mass is 10.2. The summed E-state index contributed by atoms with van der Waals surface area (Å²) in [5.74, 6) is -0.639. The van der Waals surface area contributed by atoms with Crippen LogP contribution in [0, 0.1) is 0 Å². The number of esters is 1. The van der Waals surface area contributed by atoms with E-state index in [2.05, 4.69) is 9.89 Å². The van der Waals surface area contributed by atoms with Gasteiger partial charge in [0.05, 0.1) is 12.5 Å². The van der Waals surface area contributed by atoms with Crippen molar-refractivity contribution in [2.75, 3.05) is 7.11 Å². The summed E-state index contributed by atoms with van der Waals surface area (Å²) in [6.07, 6.45) is 0. The molecule has 0 amide bonds. The number of methoxy groups -OCH3 is 1. The number of aromatic nitrogens is 1. The van der Waals surface area contributed by atoms with Crippen LogP contribution in [0.2, 0.25) is 0 Å². The summed E-state index contributed by atoms with van der Waals surface area (Å²) in [5, 5.41) is 13.3. The zero-order valence-electron chi connectivity index (χ0n) is 7.35. The van der Waals surface area contributed by atoms with Crippen molar-refractivity contribution in [1.29, 1.82) is 0 Å². The minimum Gasteiger partial charge on any atom is -0.504 e. The summed E-state index contributed by atoms with van der Waals surface area (Å²) in [6, 6.07) is 4.67. The molecule has 2 rings (SSSR count). The highest BCUT2D eigenvalue weighted by molar-refractivity contribution is 6.02. The molecule has 14 heavy (non-hydrogen) atoms. The molecule has 0 saturated heterocycles. The number of phenolic OH excluding ortho intramolecular Hbond substituents is 1. The molecule has 0 spiro atoms. The van der Waals surface area contributed by atoms with Crippen molar-refractivity contribution in [1.82, 2.24) is 5.16 Å². The van der Waals surface area contributed by atoms with Crippen LogP contribution in [0.1, 0.15) is 10.5 Å². The van der Waals surface area contributed by atoms with Crippen LogP contribution in [0.15, 0.2) is 22.7 Å². The molecule has 0 saturated carbocycles. The fraction of sp³-hybridized carbons (Fsp3) is 0.111. The highest BCUT2D eigenvalue weighted by Crippen LogP contribution is 2.26. The van der Waals surface area contributed by atoms with E-state index < -0.39 is 5.97 Å². The molecule has 0 fully saturated rings. The predicted octanol–water partition coefficient (Wildman–Crippen LogP) is 1.32. The Balaban J connectivity index is 2.70. The first kappa shape index (κ1) is 8.55. The Morgan fingerprint density at radius 3 is 3.07 bits per heavy atom. The van der Waals surface area contributed by atoms with Crippen LogP contribution in [0.4, 0.5) is 0 Å². The van der Waals surface area contributed by atoms with Gasteiger partial charge in [0.15, 0.2) is 11.4 Å². The molecular weight excluding hydrogens is 186 g/mol. The molecule has 0 unspecified atom stereocenters. The first-order valence-corrected chi connectivity index (χ1v) is 3.89. The molecule has 0 radical (unpaired) electrons. The molecule has 1 aromatic heterocycles.